The van der Waals surface area contributed by atoms with Gasteiger partial charge in [0.15, 0.2) is 0 Å². The summed E-state index contributed by atoms with van der Waals surface area (Å²) in [6.07, 6.45) is 2.86. The Hall–Kier alpha value is -1.23. The molecule has 16 heavy (non-hydrogen) atoms. The molecule has 1 heterocycles. The molecule has 0 aromatic heterocycles. The largest absolute Gasteiger partial charge is 0.455 e. The molecule has 1 aliphatic rings. The van der Waals surface area contributed by atoms with Gasteiger partial charge in [0.05, 0.1) is 0 Å². The fourth-order valence-corrected chi connectivity index (χ4v) is 2.74. The van der Waals surface area contributed by atoms with Crippen LogP contribution in [0.4, 0.5) is 0 Å². The highest BCUT2D eigenvalue weighted by atomic mass is 127. The van der Waals surface area contributed by atoms with Crippen LogP contribution in [0.5, 0.6) is 0 Å². The van der Waals surface area contributed by atoms with Crippen LogP contribution >= 0.6 is 22.6 Å². The number of benzene rings is 2. The molecule has 3 rings (SSSR count). The van der Waals surface area contributed by atoms with E-state index in [0.717, 1.165) is 5.56 Å². The van der Waals surface area contributed by atoms with Crippen LogP contribution in [-0.2, 0) is 9.47 Å². The van der Waals surface area contributed by atoms with Crippen LogP contribution in [0.2, 0.25) is 0 Å². The van der Waals surface area contributed by atoms with Crippen molar-refractivity contribution in [3.8, 4) is 0 Å². The number of fused-ring (bicyclic) bond motifs is 1. The Balaban J connectivity index is 2.16. The molecule has 80 valence electrons. The molecule has 2 nitrogen and oxygen atoms in total. The maximum Gasteiger partial charge on any atom is 0.267 e. The minimum Gasteiger partial charge on any atom is -0.455 e. The Bertz CT molecular complexity index is 555. The minimum absolute atomic E-state index is 0.295. The summed E-state index contributed by atoms with van der Waals surface area (Å²) in [7, 11) is 0. The second-order valence-electron chi connectivity index (χ2n) is 3.57. The van der Waals surface area contributed by atoms with Crippen molar-refractivity contribution in [3.05, 3.63) is 58.1 Å². The number of ether oxygens (including phenoxy) is 2. The van der Waals surface area contributed by atoms with Crippen LogP contribution in [0.1, 0.15) is 11.9 Å². The van der Waals surface area contributed by atoms with Gasteiger partial charge < -0.3 is 9.47 Å². The van der Waals surface area contributed by atoms with E-state index in [2.05, 4.69) is 46.9 Å². The molecule has 2 aromatic carbocycles. The molecule has 0 saturated heterocycles. The highest BCUT2D eigenvalue weighted by molar-refractivity contribution is 14.1. The van der Waals surface area contributed by atoms with Crippen LogP contribution in [-0.4, -0.2) is 0 Å². The fourth-order valence-electron chi connectivity index (χ4n) is 1.82. The van der Waals surface area contributed by atoms with Gasteiger partial charge >= 0.3 is 0 Å². The Kier molecular flexibility index (Phi) is 2.47. The van der Waals surface area contributed by atoms with E-state index in [-0.39, 0.29) is 6.29 Å². The van der Waals surface area contributed by atoms with Gasteiger partial charge in [-0.15, -0.1) is 0 Å². The Morgan fingerprint density at radius 1 is 0.938 bits per heavy atom. The van der Waals surface area contributed by atoms with Gasteiger partial charge in [0, 0.05) is 9.13 Å². The smallest absolute Gasteiger partial charge is 0.267 e. The Morgan fingerprint density at radius 3 is 2.50 bits per heavy atom. The van der Waals surface area contributed by atoms with Gasteiger partial charge in [-0.1, -0.05) is 30.3 Å². The summed E-state index contributed by atoms with van der Waals surface area (Å²) in [6, 6.07) is 12.5. The van der Waals surface area contributed by atoms with E-state index in [1.165, 1.54) is 14.3 Å². The van der Waals surface area contributed by atoms with Gasteiger partial charge in [0.1, 0.15) is 12.5 Å². The number of rotatable bonds is 1. The van der Waals surface area contributed by atoms with Crippen LogP contribution in [0.25, 0.3) is 10.8 Å². The number of halogens is 1. The molecule has 0 fully saturated rings. The zero-order chi connectivity index (χ0) is 11.0. The van der Waals surface area contributed by atoms with Crippen molar-refractivity contribution in [1.82, 2.24) is 0 Å². The van der Waals surface area contributed by atoms with Crippen molar-refractivity contribution in [2.75, 3.05) is 0 Å². The molecule has 3 heteroatoms. The highest BCUT2D eigenvalue weighted by Gasteiger charge is 2.19. The van der Waals surface area contributed by atoms with Gasteiger partial charge in [0.2, 0.25) is 0 Å². The van der Waals surface area contributed by atoms with Crippen molar-refractivity contribution < 1.29 is 9.47 Å². The summed E-state index contributed by atoms with van der Waals surface area (Å²) in [5.74, 6) is 0. The van der Waals surface area contributed by atoms with Crippen molar-refractivity contribution in [2.45, 2.75) is 6.29 Å². The van der Waals surface area contributed by atoms with Gasteiger partial charge in [-0.25, -0.2) is 0 Å². The third kappa shape index (κ3) is 1.55. The topological polar surface area (TPSA) is 18.5 Å². The van der Waals surface area contributed by atoms with E-state index in [9.17, 15) is 0 Å². The number of hydrogen-bond donors (Lipinski definition) is 0. The molecule has 0 saturated carbocycles. The Labute approximate surface area is 107 Å². The maximum atomic E-state index is 5.36. The second kappa shape index (κ2) is 3.97. The quantitative estimate of drug-likeness (QED) is 0.739. The van der Waals surface area contributed by atoms with E-state index >= 15 is 0 Å². The summed E-state index contributed by atoms with van der Waals surface area (Å²) < 4.78 is 11.9. The molecule has 0 aliphatic carbocycles. The van der Waals surface area contributed by atoms with Gasteiger partial charge in [-0.2, -0.15) is 0 Å². The molecular formula is C13H9IO2. The zero-order valence-corrected chi connectivity index (χ0v) is 10.5. The first-order valence-corrected chi connectivity index (χ1v) is 6.07. The summed E-state index contributed by atoms with van der Waals surface area (Å²) in [5.41, 5.74) is 1.07. The first kappa shape index (κ1) is 9.96. The van der Waals surface area contributed by atoms with Crippen molar-refractivity contribution in [3.63, 3.8) is 0 Å². The second-order valence-corrected chi connectivity index (χ2v) is 4.64. The maximum absolute atomic E-state index is 5.36. The summed E-state index contributed by atoms with van der Waals surface area (Å²) in [4.78, 5) is 0. The van der Waals surface area contributed by atoms with E-state index < -0.39 is 0 Å². The monoisotopic (exact) mass is 324 g/mol. The normalized spacial score (nSPS) is 15.1. The van der Waals surface area contributed by atoms with E-state index in [1.807, 2.05) is 12.1 Å². The van der Waals surface area contributed by atoms with Crippen LogP contribution in [0, 0.1) is 3.57 Å². The van der Waals surface area contributed by atoms with Crippen molar-refractivity contribution in [1.29, 1.82) is 0 Å². The van der Waals surface area contributed by atoms with E-state index in [0.29, 0.717) is 0 Å². The first-order chi connectivity index (χ1) is 7.86. The molecule has 0 N–H and O–H groups in total. The predicted molar refractivity (Wildman–Crippen MR) is 70.7 cm³/mol. The van der Waals surface area contributed by atoms with Gasteiger partial charge in [0.25, 0.3) is 6.29 Å². The van der Waals surface area contributed by atoms with Crippen LogP contribution in [0.15, 0.2) is 48.9 Å². The predicted octanol–water partition coefficient (Wildman–Crippen LogP) is 3.96. The fraction of sp³-hybridized carbons (Fsp3) is 0.0769. The molecule has 2 aromatic rings. The molecule has 0 amide bonds. The van der Waals surface area contributed by atoms with Crippen molar-refractivity contribution >= 4 is 33.4 Å². The van der Waals surface area contributed by atoms with Crippen molar-refractivity contribution in [2.24, 2.45) is 0 Å². The molecule has 1 aliphatic heterocycles. The lowest BCUT2D eigenvalue weighted by atomic mass is 10.1. The van der Waals surface area contributed by atoms with Crippen LogP contribution in [0.3, 0.4) is 0 Å². The third-order valence-corrected chi connectivity index (χ3v) is 3.81. The van der Waals surface area contributed by atoms with Gasteiger partial charge in [-0.3, -0.25) is 0 Å². The SMILES string of the molecule is Ic1c(C2OC=CO2)ccc2ccccc12. The molecule has 0 atom stereocenters. The number of hydrogen-bond acceptors (Lipinski definition) is 2. The lowest BCUT2D eigenvalue weighted by Gasteiger charge is -2.13. The highest BCUT2D eigenvalue weighted by Crippen LogP contribution is 2.32. The average molecular weight is 324 g/mol. The van der Waals surface area contributed by atoms with E-state index in [1.54, 1.807) is 12.5 Å². The average Bonchev–Trinajstić information content (AvgIpc) is 2.83. The first-order valence-electron chi connectivity index (χ1n) is 4.99. The lowest BCUT2D eigenvalue weighted by molar-refractivity contribution is -0.0251. The van der Waals surface area contributed by atoms with Crippen LogP contribution < -0.4 is 0 Å². The summed E-state index contributed by atoms with van der Waals surface area (Å²) in [5, 5.41) is 2.47. The minimum atomic E-state index is -0.295. The molecule has 0 unspecified atom stereocenters. The molecular weight excluding hydrogens is 315 g/mol. The molecule has 0 radical (unpaired) electrons. The summed E-state index contributed by atoms with van der Waals surface area (Å²) >= 11 is 2.34. The molecule has 0 spiro atoms. The zero-order valence-electron chi connectivity index (χ0n) is 8.39. The van der Waals surface area contributed by atoms with E-state index in [4.69, 9.17) is 9.47 Å². The molecule has 0 bridgehead atoms. The Morgan fingerprint density at radius 2 is 1.69 bits per heavy atom. The lowest BCUT2D eigenvalue weighted by Crippen LogP contribution is -2.00. The summed E-state index contributed by atoms with van der Waals surface area (Å²) in [6.45, 7) is 0. The standard InChI is InChI=1S/C13H9IO2/c14-12-10-4-2-1-3-9(10)5-6-11(12)13-15-7-8-16-13/h1-8,13H. The van der Waals surface area contributed by atoms with Gasteiger partial charge in [-0.05, 0) is 39.4 Å². The third-order valence-electron chi connectivity index (χ3n) is 2.61.